The van der Waals surface area contributed by atoms with Gasteiger partial charge >= 0.3 is 6.18 Å². The first-order valence-corrected chi connectivity index (χ1v) is 7.36. The van der Waals surface area contributed by atoms with Crippen molar-refractivity contribution >= 4 is 16.6 Å². The van der Waals surface area contributed by atoms with Crippen molar-refractivity contribution in [2.45, 2.75) is 32.9 Å². The van der Waals surface area contributed by atoms with Gasteiger partial charge in [-0.25, -0.2) is 0 Å². The van der Waals surface area contributed by atoms with Gasteiger partial charge in [-0.05, 0) is 31.0 Å². The molecule has 0 bridgehead atoms. The standard InChI is InChI=1S/C16H19F3N2O/c1-3-7-21(8-4-2)11-5-6-14-12(9-11)13(16(17,18)19)10-15(22)20-14/h5-6,9-10H,3-4,7-8H2,1-2H3,(H,20,22). The van der Waals surface area contributed by atoms with Crippen LogP contribution in [0.5, 0.6) is 0 Å². The van der Waals surface area contributed by atoms with Crippen LogP contribution in [0.2, 0.25) is 0 Å². The van der Waals surface area contributed by atoms with Gasteiger partial charge in [0.1, 0.15) is 0 Å². The molecule has 1 N–H and O–H groups in total. The van der Waals surface area contributed by atoms with Crippen molar-refractivity contribution in [2.75, 3.05) is 18.0 Å². The highest BCUT2D eigenvalue weighted by Crippen LogP contribution is 2.34. The summed E-state index contributed by atoms with van der Waals surface area (Å²) < 4.78 is 39.5. The quantitative estimate of drug-likeness (QED) is 0.899. The molecule has 0 aliphatic heterocycles. The Kier molecular flexibility index (Phi) is 4.78. The molecule has 1 aromatic carbocycles. The number of hydrogen-bond donors (Lipinski definition) is 1. The third kappa shape index (κ3) is 3.43. The minimum Gasteiger partial charge on any atom is -0.372 e. The van der Waals surface area contributed by atoms with Crippen molar-refractivity contribution in [3.8, 4) is 0 Å². The zero-order chi connectivity index (χ0) is 16.3. The molecule has 0 atom stereocenters. The van der Waals surface area contributed by atoms with Crippen molar-refractivity contribution in [1.82, 2.24) is 4.98 Å². The van der Waals surface area contributed by atoms with Gasteiger partial charge in [-0.3, -0.25) is 4.79 Å². The van der Waals surface area contributed by atoms with E-state index in [4.69, 9.17) is 0 Å². The van der Waals surface area contributed by atoms with Crippen molar-refractivity contribution < 1.29 is 13.2 Å². The molecule has 2 rings (SSSR count). The van der Waals surface area contributed by atoms with E-state index in [2.05, 4.69) is 9.88 Å². The van der Waals surface area contributed by atoms with Crippen LogP contribution >= 0.6 is 0 Å². The van der Waals surface area contributed by atoms with Gasteiger partial charge in [0, 0.05) is 35.7 Å². The maximum Gasteiger partial charge on any atom is 0.417 e. The number of aromatic amines is 1. The minimum atomic E-state index is -4.55. The maximum absolute atomic E-state index is 13.2. The van der Waals surface area contributed by atoms with E-state index in [0.29, 0.717) is 6.07 Å². The number of aromatic nitrogens is 1. The van der Waals surface area contributed by atoms with Crippen LogP contribution in [0.3, 0.4) is 0 Å². The van der Waals surface area contributed by atoms with E-state index >= 15 is 0 Å². The number of hydrogen-bond acceptors (Lipinski definition) is 2. The largest absolute Gasteiger partial charge is 0.417 e. The van der Waals surface area contributed by atoms with Crippen molar-refractivity contribution in [2.24, 2.45) is 0 Å². The molecule has 0 amide bonds. The van der Waals surface area contributed by atoms with Crippen LogP contribution in [0, 0.1) is 0 Å². The monoisotopic (exact) mass is 312 g/mol. The molecule has 1 aromatic heterocycles. The molecule has 0 radical (unpaired) electrons. The van der Waals surface area contributed by atoms with Gasteiger partial charge in [0.05, 0.1) is 5.56 Å². The summed E-state index contributed by atoms with van der Waals surface area (Å²) in [6.07, 6.45) is -2.73. The molecule has 22 heavy (non-hydrogen) atoms. The fourth-order valence-electron chi connectivity index (χ4n) is 2.58. The first kappa shape index (κ1) is 16.4. The lowest BCUT2D eigenvalue weighted by Gasteiger charge is -2.24. The smallest absolute Gasteiger partial charge is 0.372 e. The third-order valence-corrected chi connectivity index (χ3v) is 3.48. The molecule has 0 aliphatic rings. The Balaban J connectivity index is 2.61. The highest BCUT2D eigenvalue weighted by atomic mass is 19.4. The normalized spacial score (nSPS) is 11.9. The number of fused-ring (bicyclic) bond motifs is 1. The van der Waals surface area contributed by atoms with E-state index in [-0.39, 0.29) is 10.9 Å². The lowest BCUT2D eigenvalue weighted by atomic mass is 10.1. The molecule has 2 aromatic rings. The van der Waals surface area contributed by atoms with E-state index in [9.17, 15) is 18.0 Å². The topological polar surface area (TPSA) is 36.1 Å². The number of anilines is 1. The van der Waals surface area contributed by atoms with Gasteiger partial charge in [0.25, 0.3) is 0 Å². The predicted molar refractivity (Wildman–Crippen MR) is 82.4 cm³/mol. The van der Waals surface area contributed by atoms with Gasteiger partial charge < -0.3 is 9.88 Å². The SMILES string of the molecule is CCCN(CCC)c1ccc2[nH]c(=O)cc(C(F)(F)F)c2c1. The fraction of sp³-hybridized carbons (Fsp3) is 0.438. The van der Waals surface area contributed by atoms with Crippen LogP contribution in [0.25, 0.3) is 10.9 Å². The van der Waals surface area contributed by atoms with Crippen molar-refractivity contribution in [3.63, 3.8) is 0 Å². The first-order valence-electron chi connectivity index (χ1n) is 7.36. The van der Waals surface area contributed by atoms with Crippen LogP contribution in [0.15, 0.2) is 29.1 Å². The summed E-state index contributed by atoms with van der Waals surface area (Å²) in [6, 6.07) is 5.43. The number of alkyl halides is 3. The molecule has 0 saturated heterocycles. The van der Waals surface area contributed by atoms with Gasteiger partial charge in [-0.15, -0.1) is 0 Å². The summed E-state index contributed by atoms with van der Waals surface area (Å²) in [5.41, 5.74) is -0.683. The number of nitrogens with one attached hydrogen (secondary N) is 1. The number of nitrogens with zero attached hydrogens (tertiary/aromatic N) is 1. The first-order chi connectivity index (χ1) is 10.4. The number of rotatable bonds is 5. The molecule has 0 spiro atoms. The summed E-state index contributed by atoms with van der Waals surface area (Å²) in [7, 11) is 0. The van der Waals surface area contributed by atoms with Crippen LogP contribution < -0.4 is 10.5 Å². The minimum absolute atomic E-state index is 0.0295. The lowest BCUT2D eigenvalue weighted by molar-refractivity contribution is -0.136. The van der Waals surface area contributed by atoms with Gasteiger partial charge in [0.2, 0.25) is 5.56 Å². The Morgan fingerprint density at radius 1 is 1.09 bits per heavy atom. The van der Waals surface area contributed by atoms with E-state index in [1.807, 2.05) is 13.8 Å². The Hall–Kier alpha value is -1.98. The number of benzene rings is 1. The lowest BCUT2D eigenvalue weighted by Crippen LogP contribution is -2.25. The van der Waals surface area contributed by atoms with Crippen LogP contribution in [0.1, 0.15) is 32.3 Å². The number of pyridine rings is 1. The maximum atomic E-state index is 13.2. The molecular weight excluding hydrogens is 293 g/mol. The van der Waals surface area contributed by atoms with Crippen molar-refractivity contribution in [3.05, 3.63) is 40.2 Å². The second kappa shape index (κ2) is 6.42. The molecule has 0 saturated carbocycles. The summed E-state index contributed by atoms with van der Waals surface area (Å²) >= 11 is 0. The molecule has 6 heteroatoms. The van der Waals surface area contributed by atoms with E-state index in [1.165, 1.54) is 6.07 Å². The average molecular weight is 312 g/mol. The molecule has 120 valence electrons. The zero-order valence-corrected chi connectivity index (χ0v) is 12.6. The van der Waals surface area contributed by atoms with E-state index in [0.717, 1.165) is 31.6 Å². The predicted octanol–water partition coefficient (Wildman–Crippen LogP) is 4.17. The summed E-state index contributed by atoms with van der Waals surface area (Å²) in [6.45, 7) is 5.62. The Bertz CT molecular complexity index is 701. The van der Waals surface area contributed by atoms with Crippen LogP contribution in [0.4, 0.5) is 18.9 Å². The van der Waals surface area contributed by atoms with Crippen LogP contribution in [-0.4, -0.2) is 18.1 Å². The Morgan fingerprint density at radius 2 is 1.73 bits per heavy atom. The highest BCUT2D eigenvalue weighted by Gasteiger charge is 2.33. The number of H-pyrrole nitrogens is 1. The van der Waals surface area contributed by atoms with Gasteiger partial charge in [0.15, 0.2) is 0 Å². The molecule has 0 aliphatic carbocycles. The zero-order valence-electron chi connectivity index (χ0n) is 12.6. The van der Waals surface area contributed by atoms with E-state index < -0.39 is 17.3 Å². The van der Waals surface area contributed by atoms with E-state index in [1.54, 1.807) is 12.1 Å². The Labute approximate surface area is 126 Å². The highest BCUT2D eigenvalue weighted by molar-refractivity contribution is 5.86. The second-order valence-electron chi connectivity index (χ2n) is 5.26. The Morgan fingerprint density at radius 3 is 2.27 bits per heavy atom. The molecule has 3 nitrogen and oxygen atoms in total. The fourth-order valence-corrected chi connectivity index (χ4v) is 2.58. The van der Waals surface area contributed by atoms with Crippen molar-refractivity contribution in [1.29, 1.82) is 0 Å². The average Bonchev–Trinajstić information content (AvgIpc) is 2.44. The second-order valence-corrected chi connectivity index (χ2v) is 5.26. The van der Waals surface area contributed by atoms with Crippen LogP contribution in [-0.2, 0) is 6.18 Å². The number of halogens is 3. The molecule has 0 fully saturated rings. The summed E-state index contributed by atoms with van der Waals surface area (Å²) in [5, 5.41) is 0.0295. The molecule has 1 heterocycles. The third-order valence-electron chi connectivity index (χ3n) is 3.48. The summed E-state index contributed by atoms with van der Waals surface area (Å²) in [4.78, 5) is 15.9. The van der Waals surface area contributed by atoms with Gasteiger partial charge in [-0.2, -0.15) is 13.2 Å². The molecular formula is C16H19F3N2O. The molecule has 0 unspecified atom stereocenters. The van der Waals surface area contributed by atoms with Gasteiger partial charge in [-0.1, -0.05) is 13.8 Å². The summed E-state index contributed by atoms with van der Waals surface area (Å²) in [5.74, 6) is 0.